The topological polar surface area (TPSA) is 36.7 Å². The van der Waals surface area contributed by atoms with E-state index in [0.29, 0.717) is 5.69 Å². The Bertz CT molecular complexity index is 494. The van der Waals surface area contributed by atoms with Crippen molar-refractivity contribution < 1.29 is 0 Å². The molecule has 0 aliphatic carbocycles. The molecular formula is C11H8N2S2. The first-order chi connectivity index (χ1) is 7.33. The molecular weight excluding hydrogens is 224 g/mol. The number of thiazole rings is 1. The van der Waals surface area contributed by atoms with Crippen LogP contribution in [0.25, 0.3) is 10.6 Å². The van der Waals surface area contributed by atoms with Crippen molar-refractivity contribution in [3.8, 4) is 16.6 Å². The second-order valence-electron chi connectivity index (χ2n) is 2.88. The van der Waals surface area contributed by atoms with Crippen LogP contribution in [0.5, 0.6) is 0 Å². The summed E-state index contributed by atoms with van der Waals surface area (Å²) in [7, 11) is 0. The Hall–Kier alpha value is -1.31. The number of hydrogen-bond acceptors (Lipinski definition) is 4. The van der Waals surface area contributed by atoms with E-state index in [1.54, 1.807) is 17.1 Å². The van der Waals surface area contributed by atoms with Crippen LogP contribution in [0.15, 0.2) is 34.5 Å². The lowest BCUT2D eigenvalue weighted by Crippen LogP contribution is -1.77. The van der Waals surface area contributed by atoms with Gasteiger partial charge in [0.1, 0.15) is 11.1 Å². The number of aromatic nitrogens is 1. The van der Waals surface area contributed by atoms with Gasteiger partial charge in [-0.3, -0.25) is 0 Å². The Kier molecular flexibility index (Phi) is 3.05. The summed E-state index contributed by atoms with van der Waals surface area (Å²) in [5.74, 6) is 0. The zero-order valence-electron chi connectivity index (χ0n) is 8.10. The van der Waals surface area contributed by atoms with Crippen molar-refractivity contribution in [1.82, 2.24) is 4.98 Å². The van der Waals surface area contributed by atoms with Gasteiger partial charge < -0.3 is 0 Å². The number of thioether (sulfide) groups is 1. The van der Waals surface area contributed by atoms with Crippen LogP contribution in [0.1, 0.15) is 5.69 Å². The molecule has 2 nitrogen and oxygen atoms in total. The van der Waals surface area contributed by atoms with Crippen molar-refractivity contribution in [1.29, 1.82) is 5.26 Å². The SMILES string of the molecule is CSc1ccc(-c2nc(C#N)cs2)cc1. The lowest BCUT2D eigenvalue weighted by Gasteiger charge is -1.97. The van der Waals surface area contributed by atoms with Crippen molar-refractivity contribution in [2.75, 3.05) is 6.26 Å². The van der Waals surface area contributed by atoms with Gasteiger partial charge in [0.05, 0.1) is 0 Å². The molecule has 0 saturated heterocycles. The summed E-state index contributed by atoms with van der Waals surface area (Å²) in [6.45, 7) is 0. The largest absolute Gasteiger partial charge is 0.225 e. The molecule has 0 atom stereocenters. The second kappa shape index (κ2) is 4.47. The molecule has 0 radical (unpaired) electrons. The molecule has 0 amide bonds. The molecule has 2 rings (SSSR count). The quantitative estimate of drug-likeness (QED) is 0.745. The summed E-state index contributed by atoms with van der Waals surface area (Å²) in [4.78, 5) is 5.44. The second-order valence-corrected chi connectivity index (χ2v) is 4.62. The van der Waals surface area contributed by atoms with Gasteiger partial charge >= 0.3 is 0 Å². The van der Waals surface area contributed by atoms with Crippen LogP contribution in [0.2, 0.25) is 0 Å². The fourth-order valence-electron chi connectivity index (χ4n) is 1.19. The monoisotopic (exact) mass is 232 g/mol. The van der Waals surface area contributed by atoms with E-state index >= 15 is 0 Å². The summed E-state index contributed by atoms with van der Waals surface area (Å²) in [5, 5.41) is 11.3. The minimum atomic E-state index is 0.490. The van der Waals surface area contributed by atoms with Gasteiger partial charge in [-0.1, -0.05) is 12.1 Å². The Balaban J connectivity index is 2.33. The van der Waals surface area contributed by atoms with E-state index in [2.05, 4.69) is 17.1 Å². The smallest absolute Gasteiger partial charge is 0.152 e. The summed E-state index contributed by atoms with van der Waals surface area (Å²) in [5.41, 5.74) is 1.56. The van der Waals surface area contributed by atoms with Gasteiger partial charge in [-0.15, -0.1) is 23.1 Å². The maximum atomic E-state index is 8.67. The van der Waals surface area contributed by atoms with Crippen molar-refractivity contribution in [2.24, 2.45) is 0 Å². The Morgan fingerprint density at radius 2 is 2.07 bits per heavy atom. The molecule has 0 saturated carbocycles. The van der Waals surface area contributed by atoms with Crippen LogP contribution in [0.3, 0.4) is 0 Å². The van der Waals surface area contributed by atoms with Crippen LogP contribution in [0, 0.1) is 11.3 Å². The van der Waals surface area contributed by atoms with Gasteiger partial charge in [0.25, 0.3) is 0 Å². The van der Waals surface area contributed by atoms with Crippen LogP contribution >= 0.6 is 23.1 Å². The van der Waals surface area contributed by atoms with E-state index < -0.39 is 0 Å². The molecule has 74 valence electrons. The highest BCUT2D eigenvalue weighted by atomic mass is 32.2. The highest BCUT2D eigenvalue weighted by Crippen LogP contribution is 2.25. The van der Waals surface area contributed by atoms with Crippen LogP contribution in [0.4, 0.5) is 0 Å². The van der Waals surface area contributed by atoms with Crippen LogP contribution in [-0.2, 0) is 0 Å². The van der Waals surface area contributed by atoms with E-state index in [-0.39, 0.29) is 0 Å². The molecule has 0 N–H and O–H groups in total. The van der Waals surface area contributed by atoms with E-state index in [4.69, 9.17) is 5.26 Å². The van der Waals surface area contributed by atoms with Crippen molar-refractivity contribution >= 4 is 23.1 Å². The molecule has 15 heavy (non-hydrogen) atoms. The minimum Gasteiger partial charge on any atom is -0.225 e. The Labute approximate surface area is 96.6 Å². The first-order valence-electron chi connectivity index (χ1n) is 4.33. The lowest BCUT2D eigenvalue weighted by atomic mass is 10.2. The predicted octanol–water partition coefficient (Wildman–Crippen LogP) is 3.40. The average Bonchev–Trinajstić information content (AvgIpc) is 2.78. The molecule has 1 aromatic carbocycles. The summed E-state index contributed by atoms with van der Waals surface area (Å²) in [6, 6.07) is 10.2. The molecule has 0 aliphatic rings. The van der Waals surface area contributed by atoms with E-state index in [1.807, 2.05) is 24.5 Å². The molecule has 4 heteroatoms. The zero-order chi connectivity index (χ0) is 10.7. The highest BCUT2D eigenvalue weighted by molar-refractivity contribution is 7.98. The molecule has 2 aromatic rings. The summed E-state index contributed by atoms with van der Waals surface area (Å²) >= 11 is 3.21. The summed E-state index contributed by atoms with van der Waals surface area (Å²) < 4.78 is 0. The molecule has 0 aliphatic heterocycles. The zero-order valence-corrected chi connectivity index (χ0v) is 9.73. The van der Waals surface area contributed by atoms with Crippen LogP contribution in [-0.4, -0.2) is 11.2 Å². The maximum absolute atomic E-state index is 8.67. The third-order valence-corrected chi connectivity index (χ3v) is 3.59. The summed E-state index contributed by atoms with van der Waals surface area (Å²) in [6.07, 6.45) is 2.05. The molecule has 0 bridgehead atoms. The number of hydrogen-bond donors (Lipinski definition) is 0. The van der Waals surface area contributed by atoms with Crippen LogP contribution < -0.4 is 0 Å². The third-order valence-electron chi connectivity index (χ3n) is 1.96. The normalized spacial score (nSPS) is 9.87. The average molecular weight is 232 g/mol. The molecule has 1 aromatic heterocycles. The van der Waals surface area contributed by atoms with E-state index in [0.717, 1.165) is 10.6 Å². The third kappa shape index (κ3) is 2.20. The minimum absolute atomic E-state index is 0.490. The van der Waals surface area contributed by atoms with Crippen molar-refractivity contribution in [3.05, 3.63) is 35.3 Å². The number of nitriles is 1. The fraction of sp³-hybridized carbons (Fsp3) is 0.0909. The van der Waals surface area contributed by atoms with E-state index in [1.165, 1.54) is 16.2 Å². The van der Waals surface area contributed by atoms with Gasteiger partial charge in [0.2, 0.25) is 0 Å². The number of rotatable bonds is 2. The molecule has 0 fully saturated rings. The highest BCUT2D eigenvalue weighted by Gasteiger charge is 2.03. The van der Waals surface area contributed by atoms with Crippen molar-refractivity contribution in [3.63, 3.8) is 0 Å². The number of nitrogens with zero attached hydrogens (tertiary/aromatic N) is 2. The van der Waals surface area contributed by atoms with E-state index in [9.17, 15) is 0 Å². The van der Waals surface area contributed by atoms with Gasteiger partial charge in [0, 0.05) is 15.8 Å². The fourth-order valence-corrected chi connectivity index (χ4v) is 2.35. The lowest BCUT2D eigenvalue weighted by molar-refractivity contribution is 1.33. The predicted molar refractivity (Wildman–Crippen MR) is 64.0 cm³/mol. The Morgan fingerprint density at radius 1 is 1.33 bits per heavy atom. The number of benzene rings is 1. The maximum Gasteiger partial charge on any atom is 0.152 e. The first kappa shape index (κ1) is 10.2. The Morgan fingerprint density at radius 3 is 2.60 bits per heavy atom. The van der Waals surface area contributed by atoms with Gasteiger partial charge in [-0.2, -0.15) is 5.26 Å². The van der Waals surface area contributed by atoms with Gasteiger partial charge in [0.15, 0.2) is 5.69 Å². The molecule has 1 heterocycles. The van der Waals surface area contributed by atoms with Gasteiger partial charge in [-0.25, -0.2) is 4.98 Å². The molecule has 0 unspecified atom stereocenters. The van der Waals surface area contributed by atoms with Crippen molar-refractivity contribution in [2.45, 2.75) is 4.90 Å². The van der Waals surface area contributed by atoms with Gasteiger partial charge in [-0.05, 0) is 18.4 Å². The molecule has 0 spiro atoms. The standard InChI is InChI=1S/C11H8N2S2/c1-14-10-4-2-8(3-5-10)11-13-9(6-12)7-15-11/h2-5,7H,1H3. The first-order valence-corrected chi connectivity index (χ1v) is 6.44.